The highest BCUT2D eigenvalue weighted by Gasteiger charge is 2.23. The molecule has 1 aliphatic rings. The van der Waals surface area contributed by atoms with E-state index in [0.717, 1.165) is 35.8 Å². The number of aromatic nitrogens is 2. The molecule has 1 saturated heterocycles. The van der Waals surface area contributed by atoms with Gasteiger partial charge in [-0.2, -0.15) is 0 Å². The van der Waals surface area contributed by atoms with Crippen LogP contribution in [0, 0.1) is 0 Å². The molecule has 0 bridgehead atoms. The van der Waals surface area contributed by atoms with Crippen LogP contribution in [0.15, 0.2) is 58.2 Å². The van der Waals surface area contributed by atoms with Crippen molar-refractivity contribution in [3.8, 4) is 23.0 Å². The Kier molecular flexibility index (Phi) is 6.61. The van der Waals surface area contributed by atoms with E-state index in [2.05, 4.69) is 15.1 Å². The Balaban J connectivity index is 1.28. The molecule has 0 N–H and O–H groups in total. The summed E-state index contributed by atoms with van der Waals surface area (Å²) in [6.45, 7) is 2.86. The van der Waals surface area contributed by atoms with E-state index in [-0.39, 0.29) is 11.7 Å². The minimum atomic E-state index is 0.0638. The lowest BCUT2D eigenvalue weighted by Crippen LogP contribution is -2.49. The van der Waals surface area contributed by atoms with E-state index in [9.17, 15) is 4.79 Å². The van der Waals surface area contributed by atoms with Gasteiger partial charge in [0.25, 0.3) is 5.22 Å². The molecule has 31 heavy (non-hydrogen) atoms. The van der Waals surface area contributed by atoms with Gasteiger partial charge in [0, 0.05) is 31.7 Å². The molecule has 0 aliphatic carbocycles. The number of ether oxygens (including phenoxy) is 2. The second kappa shape index (κ2) is 9.74. The van der Waals surface area contributed by atoms with Crippen molar-refractivity contribution in [3.63, 3.8) is 0 Å². The molecule has 1 aliphatic heterocycles. The molecule has 1 fully saturated rings. The zero-order chi connectivity index (χ0) is 21.6. The van der Waals surface area contributed by atoms with Crippen molar-refractivity contribution in [2.24, 2.45) is 0 Å². The van der Waals surface area contributed by atoms with E-state index >= 15 is 0 Å². The second-order valence-corrected chi connectivity index (χ2v) is 7.86. The van der Waals surface area contributed by atoms with Gasteiger partial charge in [-0.15, -0.1) is 10.2 Å². The number of thioether (sulfide) groups is 1. The first-order valence-electron chi connectivity index (χ1n) is 9.94. The van der Waals surface area contributed by atoms with Crippen LogP contribution in [0.25, 0.3) is 11.5 Å². The molecule has 2 heterocycles. The van der Waals surface area contributed by atoms with Crippen LogP contribution in [-0.4, -0.2) is 67.2 Å². The van der Waals surface area contributed by atoms with E-state index in [0.29, 0.717) is 24.2 Å². The maximum atomic E-state index is 12.6. The first-order chi connectivity index (χ1) is 15.2. The first-order valence-corrected chi connectivity index (χ1v) is 10.9. The molecule has 0 radical (unpaired) electrons. The van der Waals surface area contributed by atoms with Crippen molar-refractivity contribution >= 4 is 23.4 Å². The Morgan fingerprint density at radius 1 is 1.00 bits per heavy atom. The lowest BCUT2D eigenvalue weighted by atomic mass is 10.2. The first kappa shape index (κ1) is 21.0. The summed E-state index contributed by atoms with van der Waals surface area (Å²) in [6, 6.07) is 15.3. The molecule has 4 rings (SSSR count). The topological polar surface area (TPSA) is 80.9 Å². The maximum absolute atomic E-state index is 12.6. The van der Waals surface area contributed by atoms with E-state index in [1.807, 2.05) is 53.4 Å². The SMILES string of the molecule is COc1ccc(-c2nnc(SCC(=O)N3CCN(c4ccccc4OC)CC3)o2)cc1. The monoisotopic (exact) mass is 440 g/mol. The van der Waals surface area contributed by atoms with Crippen molar-refractivity contribution in [2.75, 3.05) is 51.1 Å². The van der Waals surface area contributed by atoms with Gasteiger partial charge in [0.2, 0.25) is 11.8 Å². The van der Waals surface area contributed by atoms with Gasteiger partial charge in [-0.3, -0.25) is 4.79 Å². The largest absolute Gasteiger partial charge is 0.497 e. The van der Waals surface area contributed by atoms with Crippen LogP contribution in [0.2, 0.25) is 0 Å². The summed E-state index contributed by atoms with van der Waals surface area (Å²) < 4.78 is 16.3. The Bertz CT molecular complexity index is 1020. The number of para-hydroxylation sites is 2. The number of amides is 1. The summed E-state index contributed by atoms with van der Waals surface area (Å²) in [7, 11) is 3.29. The molecule has 9 heteroatoms. The number of rotatable bonds is 7. The van der Waals surface area contributed by atoms with Crippen molar-refractivity contribution in [1.29, 1.82) is 0 Å². The number of methoxy groups -OCH3 is 2. The number of hydrogen-bond donors (Lipinski definition) is 0. The van der Waals surface area contributed by atoms with E-state index in [4.69, 9.17) is 13.9 Å². The number of hydrogen-bond acceptors (Lipinski definition) is 8. The molecule has 0 saturated carbocycles. The fraction of sp³-hybridized carbons (Fsp3) is 0.318. The third-order valence-electron chi connectivity index (χ3n) is 5.12. The van der Waals surface area contributed by atoms with Gasteiger partial charge in [0.1, 0.15) is 11.5 Å². The predicted molar refractivity (Wildman–Crippen MR) is 119 cm³/mol. The summed E-state index contributed by atoms with van der Waals surface area (Å²) in [5, 5.41) is 8.50. The standard InChI is InChI=1S/C22H24N4O4S/c1-28-17-9-7-16(8-10-17)21-23-24-22(30-21)31-15-20(27)26-13-11-25(12-14-26)18-5-3-4-6-19(18)29-2/h3-10H,11-15H2,1-2H3. The molecule has 1 amide bonds. The lowest BCUT2D eigenvalue weighted by Gasteiger charge is -2.36. The summed E-state index contributed by atoms with van der Waals surface area (Å²) in [5.41, 5.74) is 1.86. The minimum absolute atomic E-state index is 0.0638. The van der Waals surface area contributed by atoms with Crippen LogP contribution < -0.4 is 14.4 Å². The molecule has 0 atom stereocenters. The van der Waals surface area contributed by atoms with Crippen LogP contribution in [-0.2, 0) is 4.79 Å². The highest BCUT2D eigenvalue weighted by molar-refractivity contribution is 7.99. The minimum Gasteiger partial charge on any atom is -0.497 e. The number of carbonyl (C=O) groups excluding carboxylic acids is 1. The molecular weight excluding hydrogens is 416 g/mol. The average Bonchev–Trinajstić information content (AvgIpc) is 3.32. The van der Waals surface area contributed by atoms with Crippen LogP contribution in [0.1, 0.15) is 0 Å². The number of carbonyl (C=O) groups is 1. The molecule has 2 aromatic carbocycles. The highest BCUT2D eigenvalue weighted by atomic mass is 32.2. The Morgan fingerprint density at radius 2 is 1.74 bits per heavy atom. The predicted octanol–water partition coefficient (Wildman–Crippen LogP) is 3.19. The molecule has 0 unspecified atom stereocenters. The van der Waals surface area contributed by atoms with Gasteiger partial charge in [0.15, 0.2) is 0 Å². The molecule has 1 aromatic heterocycles. The van der Waals surface area contributed by atoms with Gasteiger partial charge in [-0.1, -0.05) is 23.9 Å². The van der Waals surface area contributed by atoms with Gasteiger partial charge in [-0.05, 0) is 36.4 Å². The molecular formula is C22H24N4O4S. The number of piperazine rings is 1. The fourth-order valence-electron chi connectivity index (χ4n) is 3.42. The Labute approximate surface area is 185 Å². The van der Waals surface area contributed by atoms with Crippen LogP contribution in [0.5, 0.6) is 11.5 Å². The molecule has 3 aromatic rings. The second-order valence-electron chi connectivity index (χ2n) is 6.93. The third-order valence-corrected chi connectivity index (χ3v) is 5.92. The number of benzene rings is 2. The average molecular weight is 441 g/mol. The van der Waals surface area contributed by atoms with E-state index < -0.39 is 0 Å². The van der Waals surface area contributed by atoms with Gasteiger partial charge in [0.05, 0.1) is 25.7 Å². The molecule has 0 spiro atoms. The van der Waals surface area contributed by atoms with Gasteiger partial charge < -0.3 is 23.7 Å². The quantitative estimate of drug-likeness (QED) is 0.518. The lowest BCUT2D eigenvalue weighted by molar-refractivity contribution is -0.128. The van der Waals surface area contributed by atoms with Crippen molar-refractivity contribution in [1.82, 2.24) is 15.1 Å². The van der Waals surface area contributed by atoms with Gasteiger partial charge in [-0.25, -0.2) is 0 Å². The summed E-state index contributed by atoms with van der Waals surface area (Å²) in [4.78, 5) is 16.8. The third kappa shape index (κ3) is 4.93. The van der Waals surface area contributed by atoms with Crippen molar-refractivity contribution < 1.29 is 18.7 Å². The van der Waals surface area contributed by atoms with Gasteiger partial charge >= 0.3 is 0 Å². The Hall–Kier alpha value is -3.20. The normalized spacial score (nSPS) is 13.9. The summed E-state index contributed by atoms with van der Waals surface area (Å²) in [6.07, 6.45) is 0. The summed E-state index contributed by atoms with van der Waals surface area (Å²) in [5.74, 6) is 2.35. The van der Waals surface area contributed by atoms with Crippen molar-refractivity contribution in [3.05, 3.63) is 48.5 Å². The van der Waals surface area contributed by atoms with E-state index in [1.165, 1.54) is 11.8 Å². The van der Waals surface area contributed by atoms with Crippen LogP contribution in [0.4, 0.5) is 5.69 Å². The van der Waals surface area contributed by atoms with E-state index in [1.54, 1.807) is 14.2 Å². The molecule has 8 nitrogen and oxygen atoms in total. The summed E-state index contributed by atoms with van der Waals surface area (Å²) >= 11 is 1.26. The molecule has 162 valence electrons. The maximum Gasteiger partial charge on any atom is 0.277 e. The smallest absolute Gasteiger partial charge is 0.277 e. The number of nitrogens with zero attached hydrogens (tertiary/aromatic N) is 4. The zero-order valence-corrected chi connectivity index (χ0v) is 18.3. The Morgan fingerprint density at radius 3 is 2.45 bits per heavy atom. The highest BCUT2D eigenvalue weighted by Crippen LogP contribution is 2.29. The van der Waals surface area contributed by atoms with Crippen LogP contribution in [0.3, 0.4) is 0 Å². The fourth-order valence-corrected chi connectivity index (χ4v) is 4.09. The van der Waals surface area contributed by atoms with Crippen molar-refractivity contribution in [2.45, 2.75) is 5.22 Å². The zero-order valence-electron chi connectivity index (χ0n) is 17.5. The van der Waals surface area contributed by atoms with Crippen LogP contribution >= 0.6 is 11.8 Å². The number of anilines is 1.